The van der Waals surface area contributed by atoms with Crippen LogP contribution in [0, 0.1) is 5.82 Å². The van der Waals surface area contributed by atoms with E-state index in [2.05, 4.69) is 43.1 Å². The summed E-state index contributed by atoms with van der Waals surface area (Å²) in [6, 6.07) is 7.00. The fourth-order valence-corrected chi connectivity index (χ4v) is 8.98. The number of piperazine rings is 2. The lowest BCUT2D eigenvalue weighted by Crippen LogP contribution is -2.55. The van der Waals surface area contributed by atoms with Crippen molar-refractivity contribution in [2.24, 2.45) is 0 Å². The van der Waals surface area contributed by atoms with Gasteiger partial charge in [-0.1, -0.05) is 23.5 Å². The van der Waals surface area contributed by atoms with Crippen LogP contribution in [0.25, 0.3) is 0 Å². The van der Waals surface area contributed by atoms with Gasteiger partial charge in [0, 0.05) is 70.6 Å². The van der Waals surface area contributed by atoms with Crippen LogP contribution in [0.3, 0.4) is 0 Å². The Kier molecular flexibility index (Phi) is 7.70. The molecule has 3 aromatic rings. The van der Waals surface area contributed by atoms with E-state index < -0.39 is 10.0 Å². The zero-order valence-corrected chi connectivity index (χ0v) is 24.4. The summed E-state index contributed by atoms with van der Waals surface area (Å²) >= 11 is 1.24. The maximum atomic E-state index is 13.5. The van der Waals surface area contributed by atoms with Crippen molar-refractivity contribution in [1.29, 1.82) is 0 Å². The number of sulfonamides is 1. The average Bonchev–Trinajstić information content (AvgIpc) is 3.68. The summed E-state index contributed by atoms with van der Waals surface area (Å²) in [5.41, 5.74) is 2.03. The third-order valence-corrected chi connectivity index (χ3v) is 11.9. The SMILES string of the molecule is C[C@@H]1CN2C[C@H](O)C[C@H]2CN1c1ncc(S(=O)(=O)N2CCN(Cc3cncn3[C@H](C)c3ccc(F)cc3)CC2)s1. The largest absolute Gasteiger partial charge is 0.392 e. The first kappa shape index (κ1) is 27.7. The second-order valence-electron chi connectivity index (χ2n) is 11.2. The molecule has 3 aliphatic rings. The van der Waals surface area contributed by atoms with Gasteiger partial charge in [-0.25, -0.2) is 22.8 Å². The average molecular weight is 590 g/mol. The van der Waals surface area contributed by atoms with Crippen molar-refractivity contribution < 1.29 is 17.9 Å². The van der Waals surface area contributed by atoms with E-state index in [9.17, 15) is 17.9 Å². The third kappa shape index (κ3) is 5.42. The third-order valence-electron chi connectivity index (χ3n) is 8.49. The normalized spacial score (nSPS) is 25.8. The van der Waals surface area contributed by atoms with Gasteiger partial charge < -0.3 is 14.6 Å². The van der Waals surface area contributed by atoms with Crippen molar-refractivity contribution in [3.05, 3.63) is 60.1 Å². The van der Waals surface area contributed by atoms with Crippen LogP contribution in [0.1, 0.15) is 37.6 Å². The first-order chi connectivity index (χ1) is 19.2. The minimum absolute atomic E-state index is 0.00437. The van der Waals surface area contributed by atoms with Gasteiger partial charge >= 0.3 is 0 Å². The molecule has 4 atom stereocenters. The zero-order valence-electron chi connectivity index (χ0n) is 22.8. The molecule has 5 heterocycles. The van der Waals surface area contributed by atoms with Crippen LogP contribution in [0.5, 0.6) is 0 Å². The Morgan fingerprint density at radius 3 is 2.60 bits per heavy atom. The van der Waals surface area contributed by atoms with E-state index in [0.717, 1.165) is 35.9 Å². The van der Waals surface area contributed by atoms with Crippen molar-refractivity contribution in [2.75, 3.05) is 50.7 Å². The Balaban J connectivity index is 1.07. The minimum Gasteiger partial charge on any atom is -0.392 e. The van der Waals surface area contributed by atoms with Crippen molar-refractivity contribution >= 4 is 26.5 Å². The molecule has 40 heavy (non-hydrogen) atoms. The van der Waals surface area contributed by atoms with Gasteiger partial charge in [0.25, 0.3) is 10.0 Å². The number of halogens is 1. The summed E-state index contributed by atoms with van der Waals surface area (Å²) in [5, 5.41) is 10.8. The van der Waals surface area contributed by atoms with Gasteiger partial charge in [0.15, 0.2) is 9.34 Å². The molecule has 0 saturated carbocycles. The summed E-state index contributed by atoms with van der Waals surface area (Å²) in [6.45, 7) is 9.19. The number of thiazole rings is 1. The highest BCUT2D eigenvalue weighted by Crippen LogP contribution is 2.34. The maximum Gasteiger partial charge on any atom is 0.254 e. The molecule has 13 heteroatoms. The lowest BCUT2D eigenvalue weighted by Gasteiger charge is -2.42. The standard InChI is InChI=1S/C27H36FN7O3S2/c1-19-14-32-17-25(36)11-23(32)16-34(19)27-30-13-26(39-27)40(37,38)33-9-7-31(8-10-33)15-24-12-29-18-35(24)20(2)21-3-5-22(28)6-4-21/h3-6,12-13,18-20,23,25,36H,7-11,14-17H2,1-2H3/t19-,20-,23+,25-/m1/s1. The molecule has 0 spiro atoms. The quantitative estimate of drug-likeness (QED) is 0.448. The Bertz CT molecular complexity index is 1420. The fraction of sp³-hybridized carbons (Fsp3) is 0.556. The molecule has 3 aliphatic heterocycles. The van der Waals surface area contributed by atoms with E-state index in [-0.39, 0.29) is 34.3 Å². The van der Waals surface area contributed by atoms with Crippen LogP contribution in [0.15, 0.2) is 47.2 Å². The van der Waals surface area contributed by atoms with Crippen molar-refractivity contribution in [3.63, 3.8) is 0 Å². The molecule has 0 unspecified atom stereocenters. The van der Waals surface area contributed by atoms with E-state index in [1.165, 1.54) is 29.7 Å². The number of anilines is 1. The summed E-state index contributed by atoms with van der Waals surface area (Å²) in [6.07, 6.45) is 5.59. The predicted molar refractivity (Wildman–Crippen MR) is 151 cm³/mol. The number of hydrogen-bond donors (Lipinski definition) is 1. The highest BCUT2D eigenvalue weighted by atomic mass is 32.2. The van der Waals surface area contributed by atoms with Gasteiger partial charge in [-0.15, -0.1) is 0 Å². The Labute approximate surface area is 238 Å². The topological polar surface area (TPSA) is 98.0 Å². The minimum atomic E-state index is -3.63. The first-order valence-electron chi connectivity index (χ1n) is 13.8. The van der Waals surface area contributed by atoms with Gasteiger partial charge in [0.05, 0.1) is 30.4 Å². The molecule has 0 aliphatic carbocycles. The van der Waals surface area contributed by atoms with E-state index in [0.29, 0.717) is 39.3 Å². The number of imidazole rings is 1. The molecular weight excluding hydrogens is 553 g/mol. The molecule has 10 nitrogen and oxygen atoms in total. The molecule has 1 aromatic carbocycles. The van der Waals surface area contributed by atoms with E-state index in [4.69, 9.17) is 0 Å². The van der Waals surface area contributed by atoms with E-state index >= 15 is 0 Å². The van der Waals surface area contributed by atoms with Crippen LogP contribution in [-0.4, -0.2) is 106 Å². The maximum absolute atomic E-state index is 13.5. The number of rotatable bonds is 7. The molecular formula is C27H36FN7O3S2. The number of aliphatic hydroxyl groups is 1. The van der Waals surface area contributed by atoms with Crippen molar-refractivity contribution in [3.8, 4) is 0 Å². The molecule has 3 fully saturated rings. The molecule has 3 saturated heterocycles. The molecule has 2 aromatic heterocycles. The number of aliphatic hydroxyl groups excluding tert-OH is 1. The summed E-state index contributed by atoms with van der Waals surface area (Å²) in [4.78, 5) is 15.6. The second-order valence-corrected chi connectivity index (χ2v) is 14.3. The highest BCUT2D eigenvalue weighted by Gasteiger charge is 2.39. The van der Waals surface area contributed by atoms with Crippen LogP contribution in [0.4, 0.5) is 9.52 Å². The molecule has 6 rings (SSSR count). The molecule has 216 valence electrons. The Morgan fingerprint density at radius 1 is 1.10 bits per heavy atom. The Morgan fingerprint density at radius 2 is 1.85 bits per heavy atom. The van der Waals surface area contributed by atoms with Crippen molar-refractivity contribution in [2.45, 2.75) is 55.3 Å². The van der Waals surface area contributed by atoms with Gasteiger partial charge in [0.1, 0.15) is 5.82 Å². The van der Waals surface area contributed by atoms with Gasteiger partial charge in [-0.05, 0) is 38.0 Å². The lowest BCUT2D eigenvalue weighted by atomic mass is 10.1. The number of nitrogens with zero attached hydrogens (tertiary/aromatic N) is 7. The first-order valence-corrected chi connectivity index (χ1v) is 16.1. The second kappa shape index (κ2) is 11.1. The van der Waals surface area contributed by atoms with Crippen LogP contribution < -0.4 is 4.90 Å². The highest BCUT2D eigenvalue weighted by molar-refractivity contribution is 7.91. The van der Waals surface area contributed by atoms with E-state index in [1.807, 2.05) is 6.20 Å². The van der Waals surface area contributed by atoms with Crippen LogP contribution in [0.2, 0.25) is 0 Å². The van der Waals surface area contributed by atoms with Gasteiger partial charge in [0.2, 0.25) is 0 Å². The van der Waals surface area contributed by atoms with Gasteiger partial charge in [-0.3, -0.25) is 9.80 Å². The lowest BCUT2D eigenvalue weighted by molar-refractivity contribution is 0.166. The fourth-order valence-electron chi connectivity index (χ4n) is 6.17. The summed E-state index contributed by atoms with van der Waals surface area (Å²) in [7, 11) is -3.63. The molecule has 0 bridgehead atoms. The number of hydrogen-bond acceptors (Lipinski definition) is 9. The van der Waals surface area contributed by atoms with Crippen LogP contribution >= 0.6 is 11.3 Å². The van der Waals surface area contributed by atoms with Crippen LogP contribution in [-0.2, 0) is 16.6 Å². The van der Waals surface area contributed by atoms with Crippen molar-refractivity contribution in [1.82, 2.24) is 28.6 Å². The number of aromatic nitrogens is 3. The van der Waals surface area contributed by atoms with Gasteiger partial charge in [-0.2, -0.15) is 4.31 Å². The summed E-state index contributed by atoms with van der Waals surface area (Å²) in [5.74, 6) is -0.258. The Hall–Kier alpha value is -2.42. The zero-order chi connectivity index (χ0) is 28.0. The molecule has 0 amide bonds. The monoisotopic (exact) mass is 589 g/mol. The molecule has 1 N–H and O–H groups in total. The predicted octanol–water partition coefficient (Wildman–Crippen LogP) is 2.24. The molecule has 0 radical (unpaired) electrons. The number of benzene rings is 1. The van der Waals surface area contributed by atoms with E-state index in [1.54, 1.807) is 22.8 Å². The smallest absolute Gasteiger partial charge is 0.254 e. The summed E-state index contributed by atoms with van der Waals surface area (Å²) < 4.78 is 44.3. The number of fused-ring (bicyclic) bond motifs is 1.